The monoisotopic (exact) mass is 355 g/mol. The predicted molar refractivity (Wildman–Crippen MR) is 79.9 cm³/mol. The van der Waals surface area contributed by atoms with E-state index in [0.29, 0.717) is 5.56 Å². The van der Waals surface area contributed by atoms with Crippen molar-refractivity contribution < 1.29 is 27.3 Å². The van der Waals surface area contributed by atoms with E-state index in [4.69, 9.17) is 4.84 Å². The van der Waals surface area contributed by atoms with Gasteiger partial charge in [-0.15, -0.1) is 0 Å². The van der Waals surface area contributed by atoms with E-state index in [9.17, 15) is 18.0 Å². The standard InChI is InChI=1S/C16H16F3N3O3/c1-9(23)22(24-2)13-5-3-4-10-8-11(6-7-12(10)13)14-20-15(25-21-14)16(17,18)19/h6-8,13H,3-5H2,1-2H3. The lowest BCUT2D eigenvalue weighted by molar-refractivity contribution is -0.188. The molecule has 0 aliphatic heterocycles. The molecule has 3 rings (SSSR count). The van der Waals surface area contributed by atoms with Crippen LogP contribution in [0.4, 0.5) is 13.2 Å². The van der Waals surface area contributed by atoms with Gasteiger partial charge in [-0.05, 0) is 36.5 Å². The van der Waals surface area contributed by atoms with Crippen LogP contribution in [0.3, 0.4) is 0 Å². The molecule has 0 N–H and O–H groups in total. The Kier molecular flexibility index (Phi) is 4.51. The van der Waals surface area contributed by atoms with Crippen molar-refractivity contribution in [1.82, 2.24) is 15.2 Å². The Morgan fingerprint density at radius 1 is 1.40 bits per heavy atom. The smallest absolute Gasteiger partial charge is 0.329 e. The van der Waals surface area contributed by atoms with E-state index in [1.54, 1.807) is 18.2 Å². The van der Waals surface area contributed by atoms with Gasteiger partial charge in [0, 0.05) is 12.5 Å². The van der Waals surface area contributed by atoms with E-state index in [2.05, 4.69) is 14.7 Å². The average Bonchev–Trinajstić information content (AvgIpc) is 3.05. The minimum atomic E-state index is -4.68. The molecule has 1 amide bonds. The maximum absolute atomic E-state index is 12.6. The first kappa shape index (κ1) is 17.4. The molecule has 1 aliphatic carbocycles. The Bertz CT molecular complexity index is 788. The quantitative estimate of drug-likeness (QED) is 0.788. The summed E-state index contributed by atoms with van der Waals surface area (Å²) >= 11 is 0. The molecule has 25 heavy (non-hydrogen) atoms. The van der Waals surface area contributed by atoms with Gasteiger partial charge in [0.15, 0.2) is 0 Å². The summed E-state index contributed by atoms with van der Waals surface area (Å²) in [5.41, 5.74) is 2.27. The molecule has 0 radical (unpaired) electrons. The molecule has 1 heterocycles. The number of fused-ring (bicyclic) bond motifs is 1. The van der Waals surface area contributed by atoms with Crippen molar-refractivity contribution in [1.29, 1.82) is 0 Å². The van der Waals surface area contributed by atoms with Gasteiger partial charge in [-0.1, -0.05) is 17.3 Å². The Morgan fingerprint density at radius 2 is 2.16 bits per heavy atom. The van der Waals surface area contributed by atoms with Gasteiger partial charge >= 0.3 is 12.1 Å². The van der Waals surface area contributed by atoms with Crippen LogP contribution in [0.25, 0.3) is 11.4 Å². The molecule has 1 atom stereocenters. The van der Waals surface area contributed by atoms with Gasteiger partial charge in [0.2, 0.25) is 11.7 Å². The molecule has 2 aromatic rings. The lowest BCUT2D eigenvalue weighted by atomic mass is 9.86. The van der Waals surface area contributed by atoms with Crippen LogP contribution in [0.2, 0.25) is 0 Å². The number of aromatic nitrogens is 2. The van der Waals surface area contributed by atoms with Gasteiger partial charge in [-0.25, -0.2) is 5.06 Å². The highest BCUT2D eigenvalue weighted by Crippen LogP contribution is 2.37. The first-order valence-electron chi connectivity index (χ1n) is 7.69. The summed E-state index contributed by atoms with van der Waals surface area (Å²) in [6.45, 7) is 1.42. The molecule has 0 spiro atoms. The maximum atomic E-state index is 12.6. The van der Waals surface area contributed by atoms with Gasteiger partial charge < -0.3 is 4.52 Å². The number of halogens is 3. The van der Waals surface area contributed by atoms with Gasteiger partial charge in [0.25, 0.3) is 0 Å². The number of hydrogen-bond acceptors (Lipinski definition) is 5. The Balaban J connectivity index is 1.94. The van der Waals surface area contributed by atoms with Crippen LogP contribution in [-0.2, 0) is 22.2 Å². The van der Waals surface area contributed by atoms with E-state index >= 15 is 0 Å². The van der Waals surface area contributed by atoms with E-state index < -0.39 is 12.1 Å². The van der Waals surface area contributed by atoms with E-state index in [1.807, 2.05) is 0 Å². The molecule has 1 aromatic heterocycles. The minimum absolute atomic E-state index is 0.118. The second-order valence-corrected chi connectivity index (χ2v) is 5.77. The number of hydrogen-bond donors (Lipinski definition) is 0. The lowest BCUT2D eigenvalue weighted by Gasteiger charge is -2.33. The van der Waals surface area contributed by atoms with Crippen LogP contribution in [0.15, 0.2) is 22.7 Å². The number of amides is 1. The van der Waals surface area contributed by atoms with Gasteiger partial charge in [0.1, 0.15) is 0 Å². The van der Waals surface area contributed by atoms with Crippen molar-refractivity contribution in [2.45, 2.75) is 38.4 Å². The molecule has 0 fully saturated rings. The molecule has 6 nitrogen and oxygen atoms in total. The topological polar surface area (TPSA) is 68.5 Å². The summed E-state index contributed by atoms with van der Waals surface area (Å²) in [6, 6.07) is 4.90. The third-order valence-corrected chi connectivity index (χ3v) is 4.14. The zero-order valence-corrected chi connectivity index (χ0v) is 13.6. The van der Waals surface area contributed by atoms with Gasteiger partial charge in [-0.3, -0.25) is 9.63 Å². The molecule has 1 aliphatic rings. The molecule has 1 unspecified atom stereocenters. The van der Waals surface area contributed by atoms with E-state index in [-0.39, 0.29) is 17.8 Å². The zero-order chi connectivity index (χ0) is 18.2. The lowest BCUT2D eigenvalue weighted by Crippen LogP contribution is -2.34. The number of nitrogens with zero attached hydrogens (tertiary/aromatic N) is 3. The Labute approximate surface area is 141 Å². The number of alkyl halides is 3. The summed E-state index contributed by atoms with van der Waals surface area (Å²) in [4.78, 5) is 20.3. The summed E-state index contributed by atoms with van der Waals surface area (Å²) in [5, 5.41) is 4.72. The zero-order valence-electron chi connectivity index (χ0n) is 13.6. The Hall–Kier alpha value is -2.42. The van der Waals surface area contributed by atoms with Crippen molar-refractivity contribution >= 4 is 5.91 Å². The fraction of sp³-hybridized carbons (Fsp3) is 0.438. The third kappa shape index (κ3) is 3.37. The highest BCUT2D eigenvalue weighted by molar-refractivity contribution is 5.73. The molecule has 0 saturated carbocycles. The largest absolute Gasteiger partial charge is 0.471 e. The molecule has 134 valence electrons. The molecular weight excluding hydrogens is 339 g/mol. The van der Waals surface area contributed by atoms with Crippen LogP contribution in [0.5, 0.6) is 0 Å². The van der Waals surface area contributed by atoms with Crippen molar-refractivity contribution in [3.63, 3.8) is 0 Å². The van der Waals surface area contributed by atoms with Gasteiger partial charge in [-0.2, -0.15) is 18.2 Å². The van der Waals surface area contributed by atoms with Crippen LogP contribution >= 0.6 is 0 Å². The fourth-order valence-corrected chi connectivity index (χ4v) is 3.10. The first-order valence-corrected chi connectivity index (χ1v) is 7.69. The van der Waals surface area contributed by atoms with Crippen LogP contribution in [-0.4, -0.2) is 28.2 Å². The minimum Gasteiger partial charge on any atom is -0.329 e. The maximum Gasteiger partial charge on any atom is 0.471 e. The van der Waals surface area contributed by atoms with E-state index in [0.717, 1.165) is 30.4 Å². The molecule has 0 bridgehead atoms. The van der Waals surface area contributed by atoms with Crippen LogP contribution < -0.4 is 0 Å². The van der Waals surface area contributed by atoms with Crippen molar-refractivity contribution in [2.24, 2.45) is 0 Å². The molecule has 0 saturated heterocycles. The summed E-state index contributed by atoms with van der Waals surface area (Å²) in [7, 11) is 1.43. The highest BCUT2D eigenvalue weighted by atomic mass is 19.4. The number of aryl methyl sites for hydroxylation is 1. The predicted octanol–water partition coefficient (Wildman–Crippen LogP) is 3.54. The first-order chi connectivity index (χ1) is 11.8. The van der Waals surface area contributed by atoms with Crippen LogP contribution in [0.1, 0.15) is 42.8 Å². The number of carbonyl (C=O) groups excluding carboxylic acids is 1. The SMILES string of the molecule is CON(C(C)=O)C1CCCc2cc(-c3noc(C(F)(F)F)n3)ccc21. The van der Waals surface area contributed by atoms with Crippen molar-refractivity contribution in [3.8, 4) is 11.4 Å². The summed E-state index contributed by atoms with van der Waals surface area (Å²) in [5.74, 6) is -1.70. The highest BCUT2D eigenvalue weighted by Gasteiger charge is 2.38. The van der Waals surface area contributed by atoms with Gasteiger partial charge in [0.05, 0.1) is 13.2 Å². The Morgan fingerprint density at radius 3 is 2.76 bits per heavy atom. The van der Waals surface area contributed by atoms with Crippen LogP contribution in [0, 0.1) is 0 Å². The normalized spacial score (nSPS) is 17.2. The van der Waals surface area contributed by atoms with Crippen molar-refractivity contribution in [2.75, 3.05) is 7.11 Å². The fourth-order valence-electron chi connectivity index (χ4n) is 3.10. The molecular formula is C16H16F3N3O3. The van der Waals surface area contributed by atoms with Crippen molar-refractivity contribution in [3.05, 3.63) is 35.2 Å². The van der Waals surface area contributed by atoms with E-state index in [1.165, 1.54) is 19.1 Å². The number of benzene rings is 1. The third-order valence-electron chi connectivity index (χ3n) is 4.14. The number of rotatable bonds is 3. The number of carbonyl (C=O) groups is 1. The summed E-state index contributed by atoms with van der Waals surface area (Å²) in [6.07, 6.45) is -2.35. The average molecular weight is 355 g/mol. The second kappa shape index (κ2) is 6.47. The second-order valence-electron chi connectivity index (χ2n) is 5.77. The molecule has 9 heteroatoms. The number of hydroxylamine groups is 2. The summed E-state index contributed by atoms with van der Waals surface area (Å²) < 4.78 is 42.1. The molecule has 1 aromatic carbocycles.